The summed E-state index contributed by atoms with van der Waals surface area (Å²) in [5.41, 5.74) is 2.09. The van der Waals surface area contributed by atoms with Gasteiger partial charge in [0.15, 0.2) is 5.75 Å². The molecule has 0 atom stereocenters. The lowest BCUT2D eigenvalue weighted by molar-refractivity contribution is 0.301. The van der Waals surface area contributed by atoms with Crippen molar-refractivity contribution < 1.29 is 22.3 Å². The summed E-state index contributed by atoms with van der Waals surface area (Å²) in [4.78, 5) is 4.03. The van der Waals surface area contributed by atoms with Gasteiger partial charge in [-0.1, -0.05) is 37.6 Å². The van der Waals surface area contributed by atoms with Crippen molar-refractivity contribution in [1.82, 2.24) is 4.98 Å². The lowest BCUT2D eigenvalue weighted by atomic mass is 9.77. The highest BCUT2D eigenvalue weighted by Crippen LogP contribution is 2.38. The predicted octanol–water partition coefficient (Wildman–Crippen LogP) is 5.90. The molecule has 7 nitrogen and oxygen atoms in total. The Morgan fingerprint density at radius 1 is 1.14 bits per heavy atom. The van der Waals surface area contributed by atoms with Crippen LogP contribution >= 0.6 is 23.2 Å². The third-order valence-corrected chi connectivity index (χ3v) is 7.92. The maximum absolute atomic E-state index is 12.2. The number of sulfone groups is 1. The molecule has 35 heavy (non-hydrogen) atoms. The molecular weight excluding hydrogens is 511 g/mol. The molecule has 0 aliphatic carbocycles. The monoisotopic (exact) mass is 536 g/mol. The number of ether oxygens (including phenoxy) is 2. The smallest absolute Gasteiger partial charge is 0.315 e. The van der Waals surface area contributed by atoms with Crippen molar-refractivity contribution >= 4 is 33.0 Å². The number of hydrogen-bond acceptors (Lipinski definition) is 7. The maximum atomic E-state index is 12.2. The summed E-state index contributed by atoms with van der Waals surface area (Å²) in [6, 6.07) is 13.2. The molecule has 0 unspecified atom stereocenters. The largest absolute Gasteiger partial charge is 0.489 e. The van der Waals surface area contributed by atoms with Crippen molar-refractivity contribution in [1.29, 1.82) is 5.26 Å². The van der Waals surface area contributed by atoms with Gasteiger partial charge in [-0.15, -0.1) is 11.6 Å². The standard InChI is InChI=1S/C25H26Cl2N2O5S/c1-16(2)35(30,31)24-29-20(15-34-24)14-33-21-7-5-18(6-8-21)25(3,4)19-11-17(13-28)23(22(27)12-19)32-10-9-26/h5-8,11-12,15-16H,9-10,14H2,1-4H3. The van der Waals surface area contributed by atoms with Crippen molar-refractivity contribution in [3.05, 3.63) is 70.1 Å². The molecule has 0 N–H and O–H groups in total. The first-order chi connectivity index (χ1) is 16.5. The van der Waals surface area contributed by atoms with Crippen LogP contribution in [0, 0.1) is 11.3 Å². The Morgan fingerprint density at radius 2 is 1.83 bits per heavy atom. The van der Waals surface area contributed by atoms with Gasteiger partial charge < -0.3 is 13.9 Å². The first-order valence-corrected chi connectivity index (χ1v) is 13.3. The zero-order chi connectivity index (χ0) is 25.8. The van der Waals surface area contributed by atoms with Crippen LogP contribution in [0.2, 0.25) is 5.02 Å². The summed E-state index contributed by atoms with van der Waals surface area (Å²) >= 11 is 12.1. The molecule has 0 aliphatic heterocycles. The summed E-state index contributed by atoms with van der Waals surface area (Å²) in [7, 11) is -3.58. The van der Waals surface area contributed by atoms with Crippen LogP contribution in [0.4, 0.5) is 0 Å². The van der Waals surface area contributed by atoms with Crippen molar-refractivity contribution in [3.8, 4) is 17.6 Å². The third-order valence-electron chi connectivity index (χ3n) is 5.57. The van der Waals surface area contributed by atoms with Gasteiger partial charge in [0, 0.05) is 5.41 Å². The molecule has 0 bridgehead atoms. The molecule has 0 fully saturated rings. The lowest BCUT2D eigenvalue weighted by Crippen LogP contribution is -2.19. The number of nitrogens with zero attached hydrogens (tertiary/aromatic N) is 2. The predicted molar refractivity (Wildman–Crippen MR) is 134 cm³/mol. The summed E-state index contributed by atoms with van der Waals surface area (Å²) in [5.74, 6) is 1.20. The van der Waals surface area contributed by atoms with Gasteiger partial charge in [-0.3, -0.25) is 0 Å². The van der Waals surface area contributed by atoms with Crippen LogP contribution < -0.4 is 9.47 Å². The summed E-state index contributed by atoms with van der Waals surface area (Å²) in [6.45, 7) is 7.51. The van der Waals surface area contributed by atoms with Gasteiger partial charge in [-0.2, -0.15) is 5.26 Å². The fourth-order valence-electron chi connectivity index (χ4n) is 3.30. The Hall–Kier alpha value is -2.73. The molecule has 1 heterocycles. The average molecular weight is 537 g/mol. The van der Waals surface area contributed by atoms with Crippen LogP contribution in [0.3, 0.4) is 0 Å². The number of rotatable bonds is 10. The molecule has 0 saturated carbocycles. The van der Waals surface area contributed by atoms with E-state index in [1.165, 1.54) is 6.26 Å². The quantitative estimate of drug-likeness (QED) is 0.297. The normalized spacial score (nSPS) is 11.9. The average Bonchev–Trinajstić information content (AvgIpc) is 3.31. The summed E-state index contributed by atoms with van der Waals surface area (Å²) in [5, 5.41) is 9.00. The Morgan fingerprint density at radius 3 is 2.43 bits per heavy atom. The number of hydrogen-bond donors (Lipinski definition) is 0. The van der Waals surface area contributed by atoms with Crippen LogP contribution in [0.25, 0.3) is 0 Å². The van der Waals surface area contributed by atoms with Crippen molar-refractivity contribution in [2.45, 2.75) is 50.2 Å². The van der Waals surface area contributed by atoms with Gasteiger partial charge in [0.1, 0.15) is 37.0 Å². The number of aromatic nitrogens is 1. The molecule has 0 radical (unpaired) electrons. The van der Waals surface area contributed by atoms with E-state index in [1.54, 1.807) is 26.0 Å². The third kappa shape index (κ3) is 5.92. The van der Waals surface area contributed by atoms with E-state index in [2.05, 4.69) is 11.1 Å². The molecule has 186 valence electrons. The van der Waals surface area contributed by atoms with Gasteiger partial charge in [-0.05, 0) is 49.2 Å². The minimum atomic E-state index is -3.58. The molecule has 0 aliphatic rings. The van der Waals surface area contributed by atoms with Gasteiger partial charge in [0.2, 0.25) is 9.84 Å². The SMILES string of the molecule is CC(C)S(=O)(=O)c1nc(COc2ccc(C(C)(C)c3cc(Cl)c(OCCCl)c(C#N)c3)cc2)co1. The molecule has 1 aromatic heterocycles. The molecule has 10 heteroatoms. The van der Waals surface area contributed by atoms with Crippen LogP contribution in [0.15, 0.2) is 52.3 Å². The molecule has 0 amide bonds. The fraction of sp³-hybridized carbons (Fsp3) is 0.360. The maximum Gasteiger partial charge on any atom is 0.315 e. The topological polar surface area (TPSA) is 102 Å². The Balaban J connectivity index is 1.75. The molecule has 3 rings (SSSR count). The van der Waals surface area contributed by atoms with Crippen LogP contribution in [-0.4, -0.2) is 31.1 Å². The second kappa shape index (κ2) is 10.9. The van der Waals surface area contributed by atoms with E-state index in [-0.39, 0.29) is 24.3 Å². The second-order valence-corrected chi connectivity index (χ2v) is 11.8. The van der Waals surface area contributed by atoms with Gasteiger partial charge in [-0.25, -0.2) is 13.4 Å². The zero-order valence-electron chi connectivity index (χ0n) is 19.8. The van der Waals surface area contributed by atoms with Crippen LogP contribution in [0.1, 0.15) is 50.1 Å². The molecule has 3 aromatic rings. The second-order valence-electron chi connectivity index (χ2n) is 8.62. The van der Waals surface area contributed by atoms with Gasteiger partial charge >= 0.3 is 5.22 Å². The fourth-order valence-corrected chi connectivity index (χ4v) is 4.48. The number of alkyl halides is 1. The van der Waals surface area contributed by atoms with E-state index in [0.29, 0.717) is 27.8 Å². The van der Waals surface area contributed by atoms with E-state index in [1.807, 2.05) is 38.1 Å². The Kier molecular flexibility index (Phi) is 8.37. The van der Waals surface area contributed by atoms with E-state index < -0.39 is 20.5 Å². The minimum absolute atomic E-state index is 0.0603. The van der Waals surface area contributed by atoms with Gasteiger partial charge in [0.25, 0.3) is 0 Å². The first-order valence-electron chi connectivity index (χ1n) is 10.8. The zero-order valence-corrected chi connectivity index (χ0v) is 22.2. The number of benzene rings is 2. The number of nitriles is 1. The first kappa shape index (κ1) is 26.9. The van der Waals surface area contributed by atoms with E-state index >= 15 is 0 Å². The van der Waals surface area contributed by atoms with Crippen molar-refractivity contribution in [2.24, 2.45) is 0 Å². The number of oxazole rings is 1. The van der Waals surface area contributed by atoms with Crippen molar-refractivity contribution in [3.63, 3.8) is 0 Å². The highest BCUT2D eigenvalue weighted by molar-refractivity contribution is 7.91. The highest BCUT2D eigenvalue weighted by atomic mass is 35.5. The lowest BCUT2D eigenvalue weighted by Gasteiger charge is -2.27. The Bertz CT molecular complexity index is 1330. The molecule has 0 saturated heterocycles. The van der Waals surface area contributed by atoms with E-state index in [0.717, 1.165) is 11.1 Å². The molecule has 0 spiro atoms. The summed E-state index contributed by atoms with van der Waals surface area (Å²) in [6.07, 6.45) is 1.28. The van der Waals surface area contributed by atoms with Crippen molar-refractivity contribution in [2.75, 3.05) is 12.5 Å². The summed E-state index contributed by atoms with van der Waals surface area (Å²) < 4.78 is 40.7. The van der Waals surface area contributed by atoms with E-state index in [4.69, 9.17) is 37.1 Å². The van der Waals surface area contributed by atoms with Crippen LogP contribution in [0.5, 0.6) is 11.5 Å². The van der Waals surface area contributed by atoms with E-state index in [9.17, 15) is 13.7 Å². The minimum Gasteiger partial charge on any atom is -0.489 e. The molecule has 2 aromatic carbocycles. The number of halogens is 2. The van der Waals surface area contributed by atoms with Crippen LogP contribution in [-0.2, 0) is 21.9 Å². The van der Waals surface area contributed by atoms with Gasteiger partial charge in [0.05, 0.1) is 21.7 Å². The highest BCUT2D eigenvalue weighted by Gasteiger charge is 2.27. The molecular formula is C25H26Cl2N2O5S. The Labute approximate surface area is 215 Å².